The number of benzene rings is 3. The topological polar surface area (TPSA) is 58.4 Å². The molecule has 0 N–H and O–H groups in total. The lowest BCUT2D eigenvalue weighted by molar-refractivity contribution is -0.137. The molecule has 3 aromatic carbocycles. The van der Waals surface area contributed by atoms with Crippen LogP contribution in [0.1, 0.15) is 66.5 Å². The molecule has 0 fully saturated rings. The molecule has 11 heteroatoms. The number of rotatable bonds is 13. The Balaban J connectivity index is 1.76. The predicted octanol–water partition coefficient (Wildman–Crippen LogP) is 7.47. The van der Waals surface area contributed by atoms with E-state index in [4.69, 9.17) is 9.60 Å². The van der Waals surface area contributed by atoms with Crippen LogP contribution in [0.5, 0.6) is 0 Å². The smallest absolute Gasteiger partial charge is 0.336 e. The molecule has 0 bridgehead atoms. The normalized spacial score (nSPS) is 23.2. The summed E-state index contributed by atoms with van der Waals surface area (Å²) in [6, 6.07) is 13.3. The highest BCUT2D eigenvalue weighted by Gasteiger charge is 2.30. The number of fused-ring (bicyclic) bond motifs is 1. The van der Waals surface area contributed by atoms with Crippen LogP contribution in [0, 0.1) is 11.7 Å². The van der Waals surface area contributed by atoms with Crippen molar-refractivity contribution in [1.29, 1.82) is 0 Å². The van der Waals surface area contributed by atoms with Crippen molar-refractivity contribution in [3.8, 4) is 11.1 Å². The van der Waals surface area contributed by atoms with Crippen LogP contribution >= 0.6 is 11.8 Å². The fourth-order valence-electron chi connectivity index (χ4n) is 4.55. The molecule has 1 aliphatic carbocycles. The van der Waals surface area contributed by atoms with Crippen molar-refractivity contribution >= 4 is 17.7 Å². The summed E-state index contributed by atoms with van der Waals surface area (Å²) in [6.07, 6.45) is -11.1. The third-order valence-corrected chi connectivity index (χ3v) is 8.14. The fraction of sp³-hybridized carbons (Fsp3) is 0.378. The van der Waals surface area contributed by atoms with Gasteiger partial charge in [0.1, 0.15) is 12.3 Å². The molecule has 0 saturated carbocycles. The van der Waals surface area contributed by atoms with E-state index in [-0.39, 0.29) is 39.4 Å². The van der Waals surface area contributed by atoms with Gasteiger partial charge in [-0.3, -0.25) is 9.59 Å². The molecule has 1 aliphatic rings. The van der Waals surface area contributed by atoms with Gasteiger partial charge >= 0.3 is 6.18 Å². The number of likely N-dealkylation sites (N-methyl/N-ethyl adjacent to an activating group) is 1. The largest absolute Gasteiger partial charge is 0.416 e. The molecule has 48 heavy (non-hydrogen) atoms. The Labute approximate surface area is 301 Å². The number of carbonyl (C=O) groups excluding carboxylic acids is 1. The van der Waals surface area contributed by atoms with Crippen molar-refractivity contribution in [1.82, 2.24) is 19.4 Å². The number of hydrogen-bond donors (Lipinski definition) is 0. The highest BCUT2D eigenvalue weighted by Crippen LogP contribution is 2.32. The van der Waals surface area contributed by atoms with E-state index >= 15 is 4.79 Å². The van der Waals surface area contributed by atoms with E-state index in [1.54, 1.807) is 0 Å². The zero-order valence-electron chi connectivity index (χ0n) is 39.1. The Morgan fingerprint density at radius 1 is 0.979 bits per heavy atom. The van der Waals surface area contributed by atoms with E-state index in [9.17, 15) is 30.6 Å². The van der Waals surface area contributed by atoms with Crippen LogP contribution in [-0.2, 0) is 42.5 Å². The van der Waals surface area contributed by atoms with Gasteiger partial charge < -0.3 is 14.4 Å². The summed E-state index contributed by atoms with van der Waals surface area (Å²) in [5, 5.41) is -0.794. The molecule has 0 saturated heterocycles. The van der Waals surface area contributed by atoms with Crippen LogP contribution in [0.2, 0.25) is 0 Å². The van der Waals surface area contributed by atoms with E-state index in [0.717, 1.165) is 60.4 Å². The van der Waals surface area contributed by atoms with Gasteiger partial charge in [0.2, 0.25) is 5.91 Å². The Hall–Kier alpha value is -3.96. The van der Waals surface area contributed by atoms with Gasteiger partial charge in [0, 0.05) is 46.1 Å². The molecule has 1 atom stereocenters. The predicted molar refractivity (Wildman–Crippen MR) is 181 cm³/mol. The third kappa shape index (κ3) is 8.73. The summed E-state index contributed by atoms with van der Waals surface area (Å²) in [5.41, 5.74) is -4.37. The molecular weight excluding hydrogens is 640 g/mol. The number of nitrogens with zero attached hydrogens (tertiary/aromatic N) is 4. The maximum atomic E-state index is 15.1. The van der Waals surface area contributed by atoms with Gasteiger partial charge in [-0.1, -0.05) is 81.1 Å². The van der Waals surface area contributed by atoms with Crippen LogP contribution in [0.15, 0.2) is 82.7 Å². The summed E-state index contributed by atoms with van der Waals surface area (Å²) < 4.78 is 171. The van der Waals surface area contributed by atoms with Crippen LogP contribution in [-0.4, -0.2) is 51.3 Å². The van der Waals surface area contributed by atoms with Crippen molar-refractivity contribution < 1.29 is 40.2 Å². The number of aromatic nitrogens is 2. The lowest BCUT2D eigenvalue weighted by Gasteiger charge is -2.28. The van der Waals surface area contributed by atoms with Crippen LogP contribution < -0.4 is 5.56 Å². The SMILES string of the molecule is [2H]C([2H])(c1ccc(-c2ccc(C(F)(F)F)cc2)cc1)N(C(=O)C([2H])([2H])n1c(SCc2ccc(F)cc2)nc(=O)c2c1C([2H])([2H])C([2H])(C)C2([2H])[2H])C([2H])([2H])C([2H])([2H])N(CC)CC. The molecule has 254 valence electrons. The first-order valence-electron chi connectivity index (χ1n) is 21.3. The molecule has 4 aromatic rings. The van der Waals surface area contributed by atoms with E-state index in [1.807, 2.05) is 0 Å². The summed E-state index contributed by atoms with van der Waals surface area (Å²) in [5.74, 6) is -5.93. The molecule has 0 spiro atoms. The number of thioether (sulfide) groups is 1. The second-order valence-electron chi connectivity index (χ2n) is 10.5. The highest BCUT2D eigenvalue weighted by atomic mass is 32.2. The lowest BCUT2D eigenvalue weighted by atomic mass is 10.0. The van der Waals surface area contributed by atoms with Crippen LogP contribution in [0.3, 0.4) is 0 Å². The summed E-state index contributed by atoms with van der Waals surface area (Å²) in [6.45, 7) is -11.3. The molecule has 1 aromatic heterocycles. The quantitative estimate of drug-likeness (QED) is 0.0827. The van der Waals surface area contributed by atoms with Gasteiger partial charge in [0.15, 0.2) is 5.16 Å². The first-order valence-corrected chi connectivity index (χ1v) is 15.8. The van der Waals surface area contributed by atoms with Crippen LogP contribution in [0.4, 0.5) is 17.6 Å². The number of halogens is 4. The Bertz CT molecular complexity index is 2340. The first-order chi connectivity index (χ1) is 27.8. The molecule has 6 nitrogen and oxygen atoms in total. The highest BCUT2D eigenvalue weighted by molar-refractivity contribution is 7.98. The van der Waals surface area contributed by atoms with Gasteiger partial charge in [-0.2, -0.15) is 18.2 Å². The first kappa shape index (κ1) is 21.9. The fourth-order valence-corrected chi connectivity index (χ4v) is 5.46. The monoisotopic (exact) mass is 693 g/mol. The maximum Gasteiger partial charge on any atom is 0.416 e. The molecule has 0 aliphatic heterocycles. The minimum absolute atomic E-state index is 0.178. The van der Waals surface area contributed by atoms with E-state index in [0.29, 0.717) is 17.3 Å². The second kappa shape index (κ2) is 15.5. The minimum Gasteiger partial charge on any atom is -0.336 e. The number of hydrogen-bond acceptors (Lipinski definition) is 5. The van der Waals surface area contributed by atoms with Crippen LogP contribution in [0.25, 0.3) is 11.1 Å². The van der Waals surface area contributed by atoms with Crippen molar-refractivity contribution in [2.75, 3.05) is 26.1 Å². The maximum absolute atomic E-state index is 15.1. The lowest BCUT2D eigenvalue weighted by Crippen LogP contribution is -2.40. The molecule has 1 heterocycles. The molecule has 1 unspecified atom stereocenters. The third-order valence-electron chi connectivity index (χ3n) is 7.13. The van der Waals surface area contributed by atoms with Gasteiger partial charge in [-0.05, 0) is 78.2 Å². The summed E-state index contributed by atoms with van der Waals surface area (Å²) in [7, 11) is 0. The zero-order chi connectivity index (χ0) is 46.1. The minimum atomic E-state index is -4.63. The van der Waals surface area contributed by atoms with E-state index in [2.05, 4.69) is 4.98 Å². The van der Waals surface area contributed by atoms with E-state index in [1.165, 1.54) is 38.1 Å². The molecule has 5 rings (SSSR count). The average Bonchev–Trinajstić information content (AvgIpc) is 3.27. The summed E-state index contributed by atoms with van der Waals surface area (Å²) in [4.78, 5) is 33.1. The van der Waals surface area contributed by atoms with Gasteiger partial charge in [-0.25, -0.2) is 4.39 Å². The summed E-state index contributed by atoms with van der Waals surface area (Å²) >= 11 is 0.510. The Kier molecular flexibility index (Phi) is 7.07. The van der Waals surface area contributed by atoms with Crippen molar-refractivity contribution in [2.24, 2.45) is 5.89 Å². The van der Waals surface area contributed by atoms with Crippen molar-refractivity contribution in [2.45, 2.75) is 63.6 Å². The molecule has 1 amide bonds. The van der Waals surface area contributed by atoms with E-state index < -0.39 is 95.6 Å². The van der Waals surface area contributed by atoms with Crippen molar-refractivity contribution in [3.63, 3.8) is 0 Å². The Morgan fingerprint density at radius 3 is 2.19 bits per heavy atom. The standard InChI is InChI=1S/C37H40F4N4O2S/c1-4-43(5-2)18-19-44(22-26-6-10-28(11-7-26)29-12-14-30(15-13-29)37(39,40)41)34(46)23-45-33-21-25(3)20-32(33)35(47)42-36(45)48-24-27-8-16-31(38)17-9-27/h6-17,25H,4-5,18-24H2,1-3H3/i18D2,19D2,20D2,21D2,22D2,23D2,25D. The number of alkyl halides is 3. The zero-order valence-corrected chi connectivity index (χ0v) is 26.9. The molecule has 0 radical (unpaired) electrons. The number of carbonyl (C=O) groups is 1. The number of amides is 1. The van der Waals surface area contributed by atoms with Gasteiger partial charge in [-0.15, -0.1) is 0 Å². The second-order valence-corrected chi connectivity index (χ2v) is 11.4. The van der Waals surface area contributed by atoms with Gasteiger partial charge in [0.05, 0.1) is 13.8 Å². The molecular formula is C37H40F4N4O2S. The Morgan fingerprint density at radius 2 is 1.58 bits per heavy atom. The van der Waals surface area contributed by atoms with Gasteiger partial charge in [0.25, 0.3) is 5.56 Å². The van der Waals surface area contributed by atoms with Crippen molar-refractivity contribution in [3.05, 3.63) is 117 Å². The average molecular weight is 694 g/mol.